The van der Waals surface area contributed by atoms with Crippen molar-refractivity contribution in [2.24, 2.45) is 0 Å². The normalized spacial score (nSPS) is 11.5. The highest BCUT2D eigenvalue weighted by Crippen LogP contribution is 2.31. The Morgan fingerprint density at radius 2 is 1.97 bits per heavy atom. The molecule has 2 N–H and O–H groups in total. The second-order valence-corrected chi connectivity index (χ2v) is 8.83. The molecule has 0 bridgehead atoms. The highest BCUT2D eigenvalue weighted by atomic mass is 35.5. The number of aromatic nitrogens is 2. The van der Waals surface area contributed by atoms with E-state index in [0.29, 0.717) is 27.5 Å². The molecule has 4 rings (SSSR count). The third-order valence-electron chi connectivity index (χ3n) is 5.12. The van der Waals surface area contributed by atoms with Gasteiger partial charge in [0.25, 0.3) is 0 Å². The van der Waals surface area contributed by atoms with Gasteiger partial charge in [0.2, 0.25) is 0 Å². The van der Waals surface area contributed by atoms with Gasteiger partial charge >= 0.3 is 0 Å². The Hall–Kier alpha value is -2.97. The molecule has 4 aromatic rings. The monoisotopic (exact) mass is 468 g/mol. The molecule has 0 aliphatic carbocycles. The number of rotatable bonds is 7. The van der Waals surface area contributed by atoms with Crippen molar-refractivity contribution in [1.82, 2.24) is 9.38 Å². The standard InChI is InChI=1S/C24H21ClN2O4S/c1-14-11-27-20(23(26-24(27)32-14)15-3-5-18(25)6-4-15)7-8-21(30)16-9-17(12-28)19(13-29)22(10-16)31-2/h3-11,28-29H,12-13H2,1-2H3/b8-7+. The lowest BCUT2D eigenvalue weighted by Crippen LogP contribution is -2.04. The fourth-order valence-electron chi connectivity index (χ4n) is 3.55. The molecule has 0 fully saturated rings. The molecule has 0 aliphatic heterocycles. The summed E-state index contributed by atoms with van der Waals surface area (Å²) in [5.74, 6) is 0.101. The van der Waals surface area contributed by atoms with E-state index < -0.39 is 0 Å². The minimum absolute atomic E-state index is 0.258. The Morgan fingerprint density at radius 1 is 1.22 bits per heavy atom. The first-order valence-electron chi connectivity index (χ1n) is 9.83. The van der Waals surface area contributed by atoms with Gasteiger partial charge in [-0.3, -0.25) is 9.20 Å². The summed E-state index contributed by atoms with van der Waals surface area (Å²) in [6.07, 6.45) is 5.20. The van der Waals surface area contributed by atoms with Crippen molar-refractivity contribution in [3.8, 4) is 17.0 Å². The molecule has 8 heteroatoms. The van der Waals surface area contributed by atoms with Crippen molar-refractivity contribution in [3.05, 3.63) is 81.0 Å². The molecular formula is C24H21ClN2O4S. The van der Waals surface area contributed by atoms with Crippen LogP contribution in [0.5, 0.6) is 5.75 Å². The van der Waals surface area contributed by atoms with Crippen molar-refractivity contribution < 1.29 is 19.7 Å². The number of carbonyl (C=O) groups is 1. The Balaban J connectivity index is 1.76. The van der Waals surface area contributed by atoms with Crippen LogP contribution in [0.25, 0.3) is 22.3 Å². The Labute approximate surface area is 194 Å². The highest BCUT2D eigenvalue weighted by Gasteiger charge is 2.16. The number of methoxy groups -OCH3 is 1. The SMILES string of the molecule is COc1cc(C(=O)/C=C/c2c(-c3ccc(Cl)cc3)nc3sc(C)cn23)cc(CO)c1CO. The lowest BCUT2D eigenvalue weighted by Gasteiger charge is -2.12. The van der Waals surface area contributed by atoms with E-state index in [-0.39, 0.29) is 19.0 Å². The topological polar surface area (TPSA) is 84.1 Å². The summed E-state index contributed by atoms with van der Waals surface area (Å²) < 4.78 is 7.26. The van der Waals surface area contributed by atoms with Crippen molar-refractivity contribution in [3.63, 3.8) is 0 Å². The van der Waals surface area contributed by atoms with Gasteiger partial charge in [-0.1, -0.05) is 23.7 Å². The van der Waals surface area contributed by atoms with E-state index in [1.807, 2.05) is 29.7 Å². The second-order valence-electron chi connectivity index (χ2n) is 7.18. The number of nitrogens with zero attached hydrogens (tertiary/aromatic N) is 2. The molecule has 2 heterocycles. The molecule has 2 aromatic carbocycles. The summed E-state index contributed by atoms with van der Waals surface area (Å²) in [7, 11) is 1.46. The number of thiazole rings is 1. The summed E-state index contributed by atoms with van der Waals surface area (Å²) in [4.78, 5) is 19.7. The number of imidazole rings is 1. The van der Waals surface area contributed by atoms with Gasteiger partial charge in [-0.2, -0.15) is 0 Å². The van der Waals surface area contributed by atoms with Gasteiger partial charge < -0.3 is 14.9 Å². The van der Waals surface area contributed by atoms with E-state index in [1.165, 1.54) is 13.2 Å². The van der Waals surface area contributed by atoms with Crippen molar-refractivity contribution in [2.75, 3.05) is 7.11 Å². The summed E-state index contributed by atoms with van der Waals surface area (Å²) in [5, 5.41) is 19.9. The van der Waals surface area contributed by atoms with Crippen molar-refractivity contribution in [2.45, 2.75) is 20.1 Å². The van der Waals surface area contributed by atoms with E-state index in [2.05, 4.69) is 0 Å². The van der Waals surface area contributed by atoms with Crippen LogP contribution < -0.4 is 4.74 Å². The maximum atomic E-state index is 13.0. The largest absolute Gasteiger partial charge is 0.496 e. The zero-order chi connectivity index (χ0) is 22.8. The molecule has 32 heavy (non-hydrogen) atoms. The number of aliphatic hydroxyl groups excluding tert-OH is 2. The summed E-state index contributed by atoms with van der Waals surface area (Å²) in [6.45, 7) is 1.40. The Kier molecular flexibility index (Phi) is 6.43. The molecule has 0 unspecified atom stereocenters. The maximum absolute atomic E-state index is 13.0. The fraction of sp³-hybridized carbons (Fsp3) is 0.167. The van der Waals surface area contributed by atoms with Crippen LogP contribution in [-0.4, -0.2) is 32.5 Å². The highest BCUT2D eigenvalue weighted by molar-refractivity contribution is 7.17. The third kappa shape index (κ3) is 4.20. The molecule has 0 spiro atoms. The van der Waals surface area contributed by atoms with Gasteiger partial charge in [0.15, 0.2) is 10.7 Å². The molecule has 0 amide bonds. The maximum Gasteiger partial charge on any atom is 0.194 e. The fourth-order valence-corrected chi connectivity index (χ4v) is 4.51. The molecule has 0 atom stereocenters. The average Bonchev–Trinajstić information content (AvgIpc) is 3.32. The number of allylic oxidation sites excluding steroid dienone is 1. The van der Waals surface area contributed by atoms with Crippen molar-refractivity contribution >= 4 is 39.8 Å². The smallest absolute Gasteiger partial charge is 0.194 e. The summed E-state index contributed by atoms with van der Waals surface area (Å²) >= 11 is 7.60. The Bertz CT molecular complexity index is 1300. The number of halogens is 1. The summed E-state index contributed by atoms with van der Waals surface area (Å²) in [6, 6.07) is 10.5. The van der Waals surface area contributed by atoms with Gasteiger partial charge in [-0.05, 0) is 48.9 Å². The number of carbonyl (C=O) groups excluding carboxylic acids is 1. The number of ketones is 1. The predicted octanol–water partition coefficient (Wildman–Crippen LogP) is 4.91. The number of benzene rings is 2. The first-order chi connectivity index (χ1) is 15.4. The first-order valence-corrected chi connectivity index (χ1v) is 11.0. The molecule has 0 radical (unpaired) electrons. The van der Waals surface area contributed by atoms with E-state index in [1.54, 1.807) is 41.7 Å². The van der Waals surface area contributed by atoms with Crippen LogP contribution in [0.4, 0.5) is 0 Å². The van der Waals surface area contributed by atoms with Gasteiger partial charge in [-0.15, -0.1) is 11.3 Å². The van der Waals surface area contributed by atoms with Gasteiger partial charge in [0, 0.05) is 32.8 Å². The van der Waals surface area contributed by atoms with E-state index in [0.717, 1.165) is 26.8 Å². The quantitative estimate of drug-likeness (QED) is 0.297. The van der Waals surface area contributed by atoms with Crippen LogP contribution in [0.1, 0.15) is 32.1 Å². The van der Waals surface area contributed by atoms with Crippen LogP contribution in [0.2, 0.25) is 5.02 Å². The average molecular weight is 469 g/mol. The lowest BCUT2D eigenvalue weighted by molar-refractivity contribution is 0.104. The molecule has 0 saturated heterocycles. The predicted molar refractivity (Wildman–Crippen MR) is 126 cm³/mol. The molecule has 2 aromatic heterocycles. The number of fused-ring (bicyclic) bond motifs is 1. The zero-order valence-electron chi connectivity index (χ0n) is 17.5. The molecule has 0 saturated carbocycles. The number of hydrogen-bond acceptors (Lipinski definition) is 6. The van der Waals surface area contributed by atoms with Gasteiger partial charge in [-0.25, -0.2) is 4.98 Å². The van der Waals surface area contributed by atoms with E-state index in [4.69, 9.17) is 21.3 Å². The van der Waals surface area contributed by atoms with Crippen LogP contribution in [0, 0.1) is 6.92 Å². The second kappa shape index (κ2) is 9.26. The van der Waals surface area contributed by atoms with Crippen LogP contribution in [-0.2, 0) is 13.2 Å². The molecule has 164 valence electrons. The van der Waals surface area contributed by atoms with Crippen LogP contribution in [0.3, 0.4) is 0 Å². The van der Waals surface area contributed by atoms with Crippen LogP contribution in [0.15, 0.2) is 48.7 Å². The number of hydrogen-bond donors (Lipinski definition) is 2. The molecular weight excluding hydrogens is 448 g/mol. The first kappa shape index (κ1) is 22.2. The van der Waals surface area contributed by atoms with Crippen molar-refractivity contribution in [1.29, 1.82) is 0 Å². The van der Waals surface area contributed by atoms with Crippen LogP contribution >= 0.6 is 22.9 Å². The van der Waals surface area contributed by atoms with E-state index >= 15 is 0 Å². The Morgan fingerprint density at radius 3 is 2.62 bits per heavy atom. The lowest BCUT2D eigenvalue weighted by atomic mass is 10.0. The molecule has 0 aliphatic rings. The van der Waals surface area contributed by atoms with Gasteiger partial charge in [0.05, 0.1) is 31.7 Å². The number of aryl methyl sites for hydroxylation is 1. The number of aliphatic hydroxyl groups is 2. The minimum atomic E-state index is -0.310. The summed E-state index contributed by atoms with van der Waals surface area (Å²) in [5.41, 5.74) is 3.70. The van der Waals surface area contributed by atoms with E-state index in [9.17, 15) is 15.0 Å². The minimum Gasteiger partial charge on any atom is -0.496 e. The molecule has 6 nitrogen and oxygen atoms in total. The third-order valence-corrected chi connectivity index (χ3v) is 6.27. The van der Waals surface area contributed by atoms with Gasteiger partial charge in [0.1, 0.15) is 5.75 Å². The number of ether oxygens (including phenoxy) is 1. The zero-order valence-corrected chi connectivity index (χ0v) is 19.1.